The quantitative estimate of drug-likeness (QED) is 0.202. The second-order valence-electron chi connectivity index (χ2n) is 11.7. The summed E-state index contributed by atoms with van der Waals surface area (Å²) in [5.74, 6) is 0. The first-order chi connectivity index (χ1) is 22.8. The number of benzene rings is 7. The van der Waals surface area contributed by atoms with Gasteiger partial charge in [0, 0.05) is 38.4 Å². The van der Waals surface area contributed by atoms with E-state index in [4.69, 9.17) is 0 Å². The first kappa shape index (κ1) is 26.1. The van der Waals surface area contributed by atoms with E-state index in [9.17, 15) is 5.26 Å². The maximum Gasteiger partial charge on any atom is 0.0998 e. The predicted octanol–water partition coefficient (Wildman–Crippen LogP) is 11.1. The van der Waals surface area contributed by atoms with Gasteiger partial charge in [0.05, 0.1) is 39.4 Å². The van der Waals surface area contributed by atoms with E-state index in [2.05, 4.69) is 161 Å². The Bertz CT molecular complexity index is 2560. The van der Waals surface area contributed by atoms with Gasteiger partial charge < -0.3 is 9.13 Å². The number of hydrogen-bond donors (Lipinski definition) is 0. The Morgan fingerprint density at radius 2 is 0.891 bits per heavy atom. The molecule has 9 aromatic rings. The highest BCUT2D eigenvalue weighted by Crippen LogP contribution is 2.40. The number of hydrogen-bond acceptors (Lipinski definition) is 1. The van der Waals surface area contributed by atoms with Crippen molar-refractivity contribution < 1.29 is 0 Å². The SMILES string of the molecule is N#Cc1ccccc1-c1cc(-c2cccc(-n3c4ccccc4c4ccccc43)c2)ccc1-n1c2ccccc2c2ccccc21. The molecule has 0 atom stereocenters. The van der Waals surface area contributed by atoms with E-state index < -0.39 is 0 Å². The maximum absolute atomic E-state index is 10.2. The molecular formula is C43H27N3. The molecule has 0 amide bonds. The topological polar surface area (TPSA) is 33.6 Å². The van der Waals surface area contributed by atoms with Crippen LogP contribution in [0, 0.1) is 11.3 Å². The van der Waals surface area contributed by atoms with Gasteiger partial charge in [-0.05, 0) is 65.7 Å². The fourth-order valence-electron chi connectivity index (χ4n) is 7.15. The molecule has 2 heterocycles. The van der Waals surface area contributed by atoms with Gasteiger partial charge in [-0.1, -0.05) is 109 Å². The highest BCUT2D eigenvalue weighted by atomic mass is 15.0. The zero-order valence-electron chi connectivity index (χ0n) is 24.9. The third-order valence-electron chi connectivity index (χ3n) is 9.17. The van der Waals surface area contributed by atoms with E-state index >= 15 is 0 Å². The van der Waals surface area contributed by atoms with Crippen LogP contribution < -0.4 is 0 Å². The highest BCUT2D eigenvalue weighted by Gasteiger charge is 2.18. The van der Waals surface area contributed by atoms with Gasteiger partial charge in [-0.2, -0.15) is 5.26 Å². The lowest BCUT2D eigenvalue weighted by Gasteiger charge is -2.17. The van der Waals surface area contributed by atoms with E-state index in [1.165, 1.54) is 32.6 Å². The van der Waals surface area contributed by atoms with Crippen LogP contribution in [0.25, 0.3) is 77.2 Å². The molecule has 0 saturated heterocycles. The predicted molar refractivity (Wildman–Crippen MR) is 191 cm³/mol. The van der Waals surface area contributed by atoms with Crippen molar-refractivity contribution in [2.24, 2.45) is 0 Å². The van der Waals surface area contributed by atoms with Gasteiger partial charge in [0.1, 0.15) is 0 Å². The molecule has 46 heavy (non-hydrogen) atoms. The van der Waals surface area contributed by atoms with E-state index in [0.717, 1.165) is 44.7 Å². The number of nitrogens with zero attached hydrogens (tertiary/aromatic N) is 3. The van der Waals surface area contributed by atoms with Crippen LogP contribution in [-0.2, 0) is 0 Å². The van der Waals surface area contributed by atoms with Crippen LogP contribution in [0.3, 0.4) is 0 Å². The molecule has 0 spiro atoms. The molecule has 0 N–H and O–H groups in total. The van der Waals surface area contributed by atoms with Crippen molar-refractivity contribution in [3.63, 3.8) is 0 Å². The van der Waals surface area contributed by atoms with E-state index in [1.54, 1.807) is 0 Å². The molecule has 0 saturated carbocycles. The van der Waals surface area contributed by atoms with Gasteiger partial charge in [0.25, 0.3) is 0 Å². The zero-order valence-corrected chi connectivity index (χ0v) is 24.9. The highest BCUT2D eigenvalue weighted by molar-refractivity contribution is 6.10. The van der Waals surface area contributed by atoms with E-state index in [1.807, 2.05) is 18.2 Å². The minimum absolute atomic E-state index is 0.653. The number of para-hydroxylation sites is 4. The van der Waals surface area contributed by atoms with Crippen LogP contribution in [-0.4, -0.2) is 9.13 Å². The van der Waals surface area contributed by atoms with E-state index in [0.29, 0.717) is 5.56 Å². The molecule has 2 aromatic heterocycles. The molecule has 0 fully saturated rings. The minimum Gasteiger partial charge on any atom is -0.309 e. The van der Waals surface area contributed by atoms with Crippen molar-refractivity contribution >= 4 is 43.6 Å². The Labute approximate surface area is 266 Å². The van der Waals surface area contributed by atoms with Crippen molar-refractivity contribution in [1.29, 1.82) is 5.26 Å². The van der Waals surface area contributed by atoms with Crippen LogP contribution in [0.5, 0.6) is 0 Å². The molecule has 3 nitrogen and oxygen atoms in total. The van der Waals surface area contributed by atoms with Crippen molar-refractivity contribution in [1.82, 2.24) is 9.13 Å². The lowest BCUT2D eigenvalue weighted by molar-refractivity contribution is 1.18. The fraction of sp³-hybridized carbons (Fsp3) is 0. The molecule has 0 aliphatic carbocycles. The fourth-order valence-corrected chi connectivity index (χ4v) is 7.15. The first-order valence-electron chi connectivity index (χ1n) is 15.5. The molecule has 7 aromatic carbocycles. The van der Waals surface area contributed by atoms with Crippen LogP contribution in [0.4, 0.5) is 0 Å². The molecule has 0 bridgehead atoms. The summed E-state index contributed by atoms with van der Waals surface area (Å²) in [6.07, 6.45) is 0. The van der Waals surface area contributed by atoms with Gasteiger partial charge in [0.2, 0.25) is 0 Å². The van der Waals surface area contributed by atoms with Crippen molar-refractivity contribution in [2.45, 2.75) is 0 Å². The Hall–Kier alpha value is -6.37. The maximum atomic E-state index is 10.2. The Balaban J connectivity index is 1.29. The molecule has 0 unspecified atom stereocenters. The summed E-state index contributed by atoms with van der Waals surface area (Å²) in [4.78, 5) is 0. The Morgan fingerprint density at radius 3 is 1.48 bits per heavy atom. The lowest BCUT2D eigenvalue weighted by Crippen LogP contribution is -1.99. The van der Waals surface area contributed by atoms with Crippen molar-refractivity contribution in [2.75, 3.05) is 0 Å². The molecule has 9 rings (SSSR count). The summed E-state index contributed by atoms with van der Waals surface area (Å²) >= 11 is 0. The number of nitriles is 1. The third kappa shape index (κ3) is 3.91. The normalized spacial score (nSPS) is 11.5. The first-order valence-corrected chi connectivity index (χ1v) is 15.5. The Kier molecular flexibility index (Phi) is 5.88. The monoisotopic (exact) mass is 585 g/mol. The summed E-state index contributed by atoms with van der Waals surface area (Å²) in [5, 5.41) is 15.1. The number of rotatable bonds is 4. The minimum atomic E-state index is 0.653. The summed E-state index contributed by atoms with van der Waals surface area (Å²) < 4.78 is 4.69. The summed E-state index contributed by atoms with van der Waals surface area (Å²) in [6.45, 7) is 0. The molecule has 3 heteroatoms. The number of aromatic nitrogens is 2. The van der Waals surface area contributed by atoms with Crippen molar-refractivity contribution in [3.05, 3.63) is 169 Å². The van der Waals surface area contributed by atoms with Gasteiger partial charge in [-0.3, -0.25) is 0 Å². The average Bonchev–Trinajstić information content (AvgIpc) is 3.64. The third-order valence-corrected chi connectivity index (χ3v) is 9.17. The molecule has 214 valence electrons. The zero-order chi connectivity index (χ0) is 30.6. The lowest BCUT2D eigenvalue weighted by atomic mass is 9.94. The van der Waals surface area contributed by atoms with Crippen LogP contribution in [0.2, 0.25) is 0 Å². The second kappa shape index (κ2) is 10.4. The Morgan fingerprint density at radius 1 is 0.391 bits per heavy atom. The largest absolute Gasteiger partial charge is 0.309 e. The smallest absolute Gasteiger partial charge is 0.0998 e. The molecule has 0 aliphatic heterocycles. The molecule has 0 aliphatic rings. The molecule has 0 radical (unpaired) electrons. The molecular weight excluding hydrogens is 558 g/mol. The van der Waals surface area contributed by atoms with E-state index in [-0.39, 0.29) is 0 Å². The van der Waals surface area contributed by atoms with Crippen LogP contribution >= 0.6 is 0 Å². The second-order valence-corrected chi connectivity index (χ2v) is 11.7. The average molecular weight is 586 g/mol. The van der Waals surface area contributed by atoms with Crippen LogP contribution in [0.15, 0.2) is 164 Å². The van der Waals surface area contributed by atoms with Crippen molar-refractivity contribution in [3.8, 4) is 39.7 Å². The van der Waals surface area contributed by atoms with Gasteiger partial charge in [-0.25, -0.2) is 0 Å². The summed E-state index contributed by atoms with van der Waals surface area (Å²) in [6, 6.07) is 60.1. The van der Waals surface area contributed by atoms with Gasteiger partial charge >= 0.3 is 0 Å². The number of fused-ring (bicyclic) bond motifs is 6. The van der Waals surface area contributed by atoms with Crippen LogP contribution in [0.1, 0.15) is 5.56 Å². The van der Waals surface area contributed by atoms with Gasteiger partial charge in [0.15, 0.2) is 0 Å². The summed E-state index contributed by atoms with van der Waals surface area (Å²) in [5.41, 5.74) is 11.6. The van der Waals surface area contributed by atoms with Gasteiger partial charge in [-0.15, -0.1) is 0 Å². The summed E-state index contributed by atoms with van der Waals surface area (Å²) in [7, 11) is 0. The standard InChI is InChI=1S/C43H27N3/c44-28-31-12-1-2-15-33(31)38-27-30(24-25-43(38)46-41-22-9-5-18-36(41)37-19-6-10-23-42(37)46)29-13-11-14-32(26-29)45-39-20-7-3-16-34(39)35-17-4-8-21-40(35)45/h1-27H.